The molecule has 23 nitrogen and oxygen atoms in total. The molecule has 0 radical (unpaired) electrons. The molecule has 0 spiro atoms. The van der Waals surface area contributed by atoms with Crippen molar-refractivity contribution in [2.45, 2.75) is 139 Å². The molecule has 5 aromatic carbocycles. The van der Waals surface area contributed by atoms with Gasteiger partial charge in [0, 0.05) is 43.7 Å². The maximum atomic E-state index is 15.5. The number of carbonyl (C=O) groups excluding carboxylic acids is 6. The molecule has 0 aromatic heterocycles. The first-order chi connectivity index (χ1) is 42.6. The fraction of sp³-hybridized carbons (Fsp3) is 0.403. The highest BCUT2D eigenvalue weighted by Gasteiger charge is 2.78. The number of benzene rings is 5. The largest absolute Gasteiger partial charge is 0.508 e. The number of esters is 4. The number of aromatic hydroxyl groups is 2. The third kappa shape index (κ3) is 12.9. The molecule has 2 saturated heterocycles. The fourth-order valence-corrected chi connectivity index (χ4v) is 13.0. The second-order valence-corrected chi connectivity index (χ2v) is 23.9. The van der Waals surface area contributed by atoms with Crippen LogP contribution in [-0.2, 0) is 47.6 Å². The first-order valence-electron chi connectivity index (χ1n) is 29.1. The summed E-state index contributed by atoms with van der Waals surface area (Å²) in [5.41, 5.74) is -5.60. The monoisotopic (exact) mass is 1240 g/mol. The highest BCUT2D eigenvalue weighted by atomic mass is 16.7. The number of ketones is 1. The number of ether oxygens (including phenoxy) is 7. The Kier molecular flexibility index (Phi) is 19.5. The Bertz CT molecular complexity index is 3500. The number of phenols is 2. The van der Waals surface area contributed by atoms with E-state index in [2.05, 4.69) is 5.32 Å². The van der Waals surface area contributed by atoms with Crippen molar-refractivity contribution < 1.29 is 108 Å². The van der Waals surface area contributed by atoms with Gasteiger partial charge in [-0.3, -0.25) is 19.2 Å². The van der Waals surface area contributed by atoms with E-state index in [9.17, 15) is 69.9 Å². The molecule has 5 aromatic rings. The average Bonchev–Trinajstić information content (AvgIpc) is 0.672. The average molecular weight is 1240 g/mol. The molecule has 5 aliphatic rings. The van der Waals surface area contributed by atoms with Crippen LogP contribution in [0.4, 0.5) is 0 Å². The SMILES string of the molecule is CC(=O)O[C@H]1C(=O)[C@@]2(C)[C@H]([C@H](OC(=O)c3ccccc3)[C@]3(O)C[C@H](OC(=O)[C@H](O)[C@@H](NC(=O)c4ccccc4)c4ccccc4)C(C)=C1C3(C)C)[C@]1(OC(C)=O)CO[C@@H]1C[C@@H]2O.OC[C@H]1O[C@@H](Oc2cc(O)cc(/C=C/c3ccc(O)cc3)c2)[C@H](O)[C@@H](O)[C@@H]1O. The lowest BCUT2D eigenvalue weighted by Crippen LogP contribution is -2.82. The molecular weight excluding hydrogens is 1170 g/mol. The number of hydrogen-bond donors (Lipinski definition) is 10. The van der Waals surface area contributed by atoms with E-state index in [1.807, 2.05) is 0 Å². The molecule has 10 rings (SSSR count). The summed E-state index contributed by atoms with van der Waals surface area (Å²) in [5, 5.41) is 98.4. The van der Waals surface area contributed by atoms with Gasteiger partial charge in [-0.05, 0) is 90.2 Å². The van der Waals surface area contributed by atoms with Crippen molar-refractivity contribution in [3.8, 4) is 17.2 Å². The molecule has 23 heteroatoms. The van der Waals surface area contributed by atoms with Gasteiger partial charge >= 0.3 is 23.9 Å². The lowest BCUT2D eigenvalue weighted by molar-refractivity contribution is -0.346. The highest BCUT2D eigenvalue weighted by Crippen LogP contribution is 2.64. The van der Waals surface area contributed by atoms with Crippen LogP contribution in [0.15, 0.2) is 145 Å². The lowest BCUT2D eigenvalue weighted by Gasteiger charge is -2.67. The highest BCUT2D eigenvalue weighted by molar-refractivity contribution is 5.96. The van der Waals surface area contributed by atoms with Crippen LogP contribution in [-0.4, -0.2) is 173 Å². The van der Waals surface area contributed by atoms with Gasteiger partial charge in [0.05, 0.1) is 42.3 Å². The Morgan fingerprint density at radius 3 is 1.93 bits per heavy atom. The van der Waals surface area contributed by atoms with Gasteiger partial charge in [-0.1, -0.05) is 105 Å². The molecule has 478 valence electrons. The number of aliphatic hydroxyl groups excluding tert-OH is 6. The molecule has 2 bridgehead atoms. The Labute approximate surface area is 517 Å². The molecule has 2 heterocycles. The third-order valence-electron chi connectivity index (χ3n) is 17.9. The zero-order valence-electron chi connectivity index (χ0n) is 50.0. The zero-order valence-corrected chi connectivity index (χ0v) is 50.0. The van der Waals surface area contributed by atoms with Crippen molar-refractivity contribution >= 4 is 47.7 Å². The van der Waals surface area contributed by atoms with E-state index >= 15 is 4.79 Å². The van der Waals surface area contributed by atoms with Crippen LogP contribution in [0, 0.1) is 16.7 Å². The van der Waals surface area contributed by atoms with Crippen molar-refractivity contribution in [2.24, 2.45) is 16.7 Å². The zero-order chi connectivity index (χ0) is 65.2. The maximum Gasteiger partial charge on any atom is 0.338 e. The molecule has 16 atom stereocenters. The second-order valence-electron chi connectivity index (χ2n) is 23.9. The minimum absolute atomic E-state index is 0.00289. The predicted molar refractivity (Wildman–Crippen MR) is 317 cm³/mol. The normalized spacial score (nSPS) is 30.6. The standard InChI is InChI=1S/C47H51NO14.C20H22O8/c1-25-31(60-43(56)36(52)35(28-16-10-7-11-17-28)48-41(54)29-18-12-8-13-19-29)23-47(57)40(61-42(55)30-20-14-9-15-21-30)38-45(6,32(51)22-33-46(38,24-58-33)62-27(3)50)39(53)37(59-26(2)49)34(25)44(47,4)5;21-10-16-17(24)18(25)19(26)20(28-16)27-15-8-12(7-14(23)9-15)2-1-11-3-5-13(22)6-4-11/h7-21,31-33,35-38,40,51-52,57H,22-24H2,1-6H3,(H,48,54);1-9,16-26H,10H2/b;2-1+/t31-,32-,33+,35-,36+,37+,38-,40-,45+,46-,47+;16-,17-,18+,19-,20-/m01/s1. The van der Waals surface area contributed by atoms with Crippen molar-refractivity contribution in [1.29, 1.82) is 0 Å². The molecule has 10 N–H and O–H groups in total. The molecule has 2 saturated carbocycles. The summed E-state index contributed by atoms with van der Waals surface area (Å²) in [4.78, 5) is 83.5. The number of rotatable bonds is 15. The van der Waals surface area contributed by atoms with Gasteiger partial charge in [0.1, 0.15) is 65.6 Å². The van der Waals surface area contributed by atoms with Crippen LogP contribution >= 0.6 is 0 Å². The van der Waals surface area contributed by atoms with Crippen molar-refractivity contribution in [1.82, 2.24) is 5.32 Å². The third-order valence-corrected chi connectivity index (χ3v) is 17.9. The molecule has 0 unspecified atom stereocenters. The van der Waals surface area contributed by atoms with Gasteiger partial charge in [-0.25, -0.2) is 9.59 Å². The minimum atomic E-state index is -2.39. The molecule has 90 heavy (non-hydrogen) atoms. The van der Waals surface area contributed by atoms with Crippen LogP contribution in [0.3, 0.4) is 0 Å². The number of phenolic OH excluding ortho intramolecular Hbond substituents is 2. The van der Waals surface area contributed by atoms with E-state index < -0.39 is 150 Å². The second kappa shape index (κ2) is 26.6. The van der Waals surface area contributed by atoms with Gasteiger partial charge in [0.2, 0.25) is 6.29 Å². The van der Waals surface area contributed by atoms with Crippen molar-refractivity contribution in [3.63, 3.8) is 0 Å². The summed E-state index contributed by atoms with van der Waals surface area (Å²) in [5.74, 6) is -6.61. The summed E-state index contributed by atoms with van der Waals surface area (Å²) in [6.07, 6.45) is -14.0. The molecule has 4 fully saturated rings. The molecular formula is C67H73NO22. The van der Waals surface area contributed by atoms with Crippen molar-refractivity contribution in [3.05, 3.63) is 172 Å². The maximum absolute atomic E-state index is 15.5. The van der Waals surface area contributed by atoms with E-state index in [4.69, 9.17) is 33.2 Å². The summed E-state index contributed by atoms with van der Waals surface area (Å²) in [6.45, 7) is 7.41. The minimum Gasteiger partial charge on any atom is -0.508 e. The Balaban J connectivity index is 0.000000285. The number of hydrogen-bond acceptors (Lipinski definition) is 22. The van der Waals surface area contributed by atoms with Gasteiger partial charge < -0.3 is 84.4 Å². The van der Waals surface area contributed by atoms with Crippen LogP contribution in [0.5, 0.6) is 17.2 Å². The van der Waals surface area contributed by atoms with Crippen molar-refractivity contribution in [2.75, 3.05) is 13.2 Å². The summed E-state index contributed by atoms with van der Waals surface area (Å²) < 4.78 is 41.1. The first kappa shape index (κ1) is 66.1. The fourth-order valence-electron chi connectivity index (χ4n) is 13.0. The lowest BCUT2D eigenvalue weighted by atomic mass is 9.44. The van der Waals surface area contributed by atoms with Gasteiger partial charge in [0.25, 0.3) is 5.91 Å². The van der Waals surface area contributed by atoms with E-state index in [1.165, 1.54) is 38.1 Å². The van der Waals surface area contributed by atoms with Gasteiger partial charge in [-0.15, -0.1) is 0 Å². The van der Waals surface area contributed by atoms with E-state index in [0.717, 1.165) is 19.4 Å². The molecule has 2 aliphatic heterocycles. The van der Waals surface area contributed by atoms with E-state index in [0.29, 0.717) is 11.1 Å². The first-order valence-corrected chi connectivity index (χ1v) is 29.1. The molecule has 3 aliphatic carbocycles. The summed E-state index contributed by atoms with van der Waals surface area (Å²) in [7, 11) is 0. The predicted octanol–water partition coefficient (Wildman–Crippen LogP) is 4.18. The topological polar surface area (TPSA) is 361 Å². The van der Waals surface area contributed by atoms with Crippen LogP contribution < -0.4 is 10.1 Å². The number of nitrogens with one attached hydrogen (secondary N) is 1. The number of aliphatic hydroxyl groups is 7. The van der Waals surface area contributed by atoms with Crippen LogP contribution in [0.1, 0.15) is 97.8 Å². The van der Waals surface area contributed by atoms with E-state index in [-0.39, 0.29) is 52.5 Å². The number of Topliss-reactive ketones (excluding diaryl/α,β-unsaturated/α-hetero) is 1. The Morgan fingerprint density at radius 2 is 1.34 bits per heavy atom. The molecule has 1 amide bonds. The quantitative estimate of drug-likeness (QED) is 0.0304. The van der Waals surface area contributed by atoms with Gasteiger partial charge in [-0.2, -0.15) is 0 Å². The smallest absolute Gasteiger partial charge is 0.338 e. The Morgan fingerprint density at radius 1 is 0.733 bits per heavy atom. The summed E-state index contributed by atoms with van der Waals surface area (Å²) in [6, 6.07) is 33.9. The Hall–Kier alpha value is -8.36. The van der Waals surface area contributed by atoms with Crippen LogP contribution in [0.25, 0.3) is 12.2 Å². The summed E-state index contributed by atoms with van der Waals surface area (Å²) >= 11 is 0. The number of fused-ring (bicyclic) bond motifs is 5. The number of amides is 1. The van der Waals surface area contributed by atoms with Crippen LogP contribution in [0.2, 0.25) is 0 Å². The number of carbonyl (C=O) groups is 6. The van der Waals surface area contributed by atoms with Gasteiger partial charge in [0.15, 0.2) is 23.6 Å². The van der Waals surface area contributed by atoms with E-state index in [1.54, 1.807) is 135 Å².